The Kier molecular flexibility index (Phi) is 3.97. The molecule has 0 atom stereocenters. The van der Waals surface area contributed by atoms with Gasteiger partial charge in [0.2, 0.25) is 0 Å². The second kappa shape index (κ2) is 6.75. The molecule has 31 heavy (non-hydrogen) atoms. The molecule has 3 N–H and O–H groups in total. The zero-order chi connectivity index (χ0) is 21.0. The average Bonchev–Trinajstić information content (AvgIpc) is 3.58. The van der Waals surface area contributed by atoms with Gasteiger partial charge in [0.15, 0.2) is 0 Å². The first-order valence-electron chi connectivity index (χ1n) is 10.5. The number of hydrogen-bond donors (Lipinski definition) is 3. The Balaban J connectivity index is 1.12. The quantitative estimate of drug-likeness (QED) is 0.429. The van der Waals surface area contributed by atoms with Gasteiger partial charge in [-0.25, -0.2) is 4.98 Å². The molecule has 1 amide bonds. The lowest BCUT2D eigenvalue weighted by Gasteiger charge is -2.06. The average molecular weight is 414 g/mol. The van der Waals surface area contributed by atoms with Crippen molar-refractivity contribution < 1.29 is 4.79 Å². The van der Waals surface area contributed by atoms with Crippen molar-refractivity contribution in [3.8, 4) is 0 Å². The number of nitrogens with zero attached hydrogens (tertiary/aromatic N) is 3. The van der Waals surface area contributed by atoms with Gasteiger partial charge in [0.1, 0.15) is 11.3 Å². The van der Waals surface area contributed by atoms with E-state index in [0.29, 0.717) is 17.6 Å². The highest BCUT2D eigenvalue weighted by molar-refractivity contribution is 5.92. The zero-order valence-electron chi connectivity index (χ0n) is 16.9. The van der Waals surface area contributed by atoms with Crippen LogP contribution in [0, 0.1) is 11.3 Å². The van der Waals surface area contributed by atoms with Crippen LogP contribution in [0.4, 0.5) is 0 Å². The maximum Gasteiger partial charge on any atom is 0.270 e. The second-order valence-corrected chi connectivity index (χ2v) is 8.73. The van der Waals surface area contributed by atoms with E-state index in [9.17, 15) is 9.59 Å². The lowest BCUT2D eigenvalue weighted by Crippen LogP contribution is -2.27. The van der Waals surface area contributed by atoms with Gasteiger partial charge >= 0.3 is 0 Å². The van der Waals surface area contributed by atoms with Gasteiger partial charge in [0.25, 0.3) is 11.5 Å². The Morgan fingerprint density at radius 2 is 2.10 bits per heavy atom. The maximum atomic E-state index is 12.5. The fourth-order valence-corrected chi connectivity index (χ4v) is 4.28. The number of carbonyl (C=O) groups is 1. The van der Waals surface area contributed by atoms with E-state index in [2.05, 4.69) is 31.7 Å². The molecule has 0 saturated heterocycles. The van der Waals surface area contributed by atoms with Gasteiger partial charge in [0, 0.05) is 43.8 Å². The molecule has 0 aromatic carbocycles. The summed E-state index contributed by atoms with van der Waals surface area (Å²) in [7, 11) is 0. The summed E-state index contributed by atoms with van der Waals surface area (Å²) >= 11 is 0. The molecule has 0 spiro atoms. The largest absolute Gasteiger partial charge is 0.356 e. The molecule has 2 aliphatic carbocycles. The van der Waals surface area contributed by atoms with Gasteiger partial charge < -0.3 is 15.6 Å². The van der Waals surface area contributed by atoms with Crippen LogP contribution in [0.3, 0.4) is 0 Å². The Hall–Kier alpha value is -3.52. The number of H-pyrrole nitrogens is 1. The van der Waals surface area contributed by atoms with Gasteiger partial charge in [-0.15, -0.1) is 0 Å². The summed E-state index contributed by atoms with van der Waals surface area (Å²) in [5, 5.41) is 6.37. The third-order valence-corrected chi connectivity index (χ3v) is 6.48. The van der Waals surface area contributed by atoms with Gasteiger partial charge in [-0.3, -0.25) is 19.0 Å². The summed E-state index contributed by atoms with van der Waals surface area (Å²) in [5.74, 6) is 0.601. The van der Waals surface area contributed by atoms with E-state index in [1.807, 2.05) is 6.07 Å². The fourth-order valence-electron chi connectivity index (χ4n) is 4.28. The van der Waals surface area contributed by atoms with Crippen LogP contribution >= 0.6 is 0 Å². The molecule has 0 aliphatic heterocycles. The summed E-state index contributed by atoms with van der Waals surface area (Å²) in [4.78, 5) is 36.9. The standard InChI is InChI=1S/C23H22N6O2/c30-21-7-19(28-20-3-1-2-4-29(20)21)22(31)26-11-14-5-18-17(25-10-14)6-16(27-18)12-24-13-23-8-15(23)9-23/h1-7,10,15,24,27H,8-9,11-13H2,(H,26,31). The Labute approximate surface area is 177 Å². The smallest absolute Gasteiger partial charge is 0.270 e. The summed E-state index contributed by atoms with van der Waals surface area (Å²) in [6.07, 6.45) is 6.18. The van der Waals surface area contributed by atoms with Crippen LogP contribution in [-0.4, -0.2) is 31.8 Å². The topological polar surface area (TPSA) is 104 Å². The van der Waals surface area contributed by atoms with Crippen molar-refractivity contribution in [2.45, 2.75) is 25.9 Å². The van der Waals surface area contributed by atoms with Crippen molar-refractivity contribution in [3.05, 3.63) is 76.1 Å². The highest BCUT2D eigenvalue weighted by atomic mass is 16.2. The minimum absolute atomic E-state index is 0.103. The third kappa shape index (κ3) is 3.38. The molecule has 0 radical (unpaired) electrons. The number of aromatic amines is 1. The Morgan fingerprint density at radius 3 is 2.94 bits per heavy atom. The first-order valence-corrected chi connectivity index (χ1v) is 10.5. The van der Waals surface area contributed by atoms with Crippen molar-refractivity contribution in [3.63, 3.8) is 0 Å². The number of amides is 1. The predicted molar refractivity (Wildman–Crippen MR) is 116 cm³/mol. The van der Waals surface area contributed by atoms with Crippen LogP contribution in [0.5, 0.6) is 0 Å². The molecule has 2 fully saturated rings. The van der Waals surface area contributed by atoms with Crippen LogP contribution in [-0.2, 0) is 13.1 Å². The molecule has 156 valence electrons. The molecule has 8 nitrogen and oxygen atoms in total. The highest BCUT2D eigenvalue weighted by Crippen LogP contribution is 2.74. The molecule has 4 heterocycles. The van der Waals surface area contributed by atoms with Crippen molar-refractivity contribution in [2.75, 3.05) is 6.54 Å². The van der Waals surface area contributed by atoms with Crippen molar-refractivity contribution in [1.82, 2.24) is 30.0 Å². The minimum atomic E-state index is -0.391. The number of aromatic nitrogens is 4. The first-order chi connectivity index (χ1) is 15.1. The molecule has 0 bridgehead atoms. The Morgan fingerprint density at radius 1 is 1.23 bits per heavy atom. The van der Waals surface area contributed by atoms with E-state index in [4.69, 9.17) is 0 Å². The fraction of sp³-hybridized carbons (Fsp3) is 0.304. The summed E-state index contributed by atoms with van der Waals surface area (Å²) in [6.45, 7) is 2.21. The minimum Gasteiger partial charge on any atom is -0.356 e. The lowest BCUT2D eigenvalue weighted by atomic mass is 10.2. The number of fused-ring (bicyclic) bond motifs is 3. The monoisotopic (exact) mass is 414 g/mol. The molecule has 4 aromatic heterocycles. The molecule has 6 rings (SSSR count). The summed E-state index contributed by atoms with van der Waals surface area (Å²) in [5.41, 5.74) is 4.73. The number of rotatable bonds is 7. The van der Waals surface area contributed by atoms with E-state index in [0.717, 1.165) is 41.3 Å². The molecule has 8 heteroatoms. The molecule has 2 aliphatic rings. The number of carbonyl (C=O) groups excluding carboxylic acids is 1. The van der Waals surface area contributed by atoms with Crippen molar-refractivity contribution in [2.24, 2.45) is 11.3 Å². The molecular formula is C23H22N6O2. The van der Waals surface area contributed by atoms with Gasteiger partial charge in [0.05, 0.1) is 11.0 Å². The van der Waals surface area contributed by atoms with Crippen LogP contribution in [0.1, 0.15) is 34.6 Å². The van der Waals surface area contributed by atoms with E-state index in [1.54, 1.807) is 30.6 Å². The van der Waals surface area contributed by atoms with Crippen LogP contribution in [0.25, 0.3) is 16.7 Å². The normalized spacial score (nSPS) is 21.2. The van der Waals surface area contributed by atoms with E-state index >= 15 is 0 Å². The van der Waals surface area contributed by atoms with E-state index in [-0.39, 0.29) is 11.3 Å². The maximum absolute atomic E-state index is 12.5. The Bertz CT molecular complexity index is 1380. The van der Waals surface area contributed by atoms with Crippen LogP contribution in [0.2, 0.25) is 0 Å². The van der Waals surface area contributed by atoms with Gasteiger partial charge in [-0.2, -0.15) is 0 Å². The zero-order valence-corrected chi connectivity index (χ0v) is 16.9. The van der Waals surface area contributed by atoms with Crippen molar-refractivity contribution in [1.29, 1.82) is 0 Å². The third-order valence-electron chi connectivity index (χ3n) is 6.48. The van der Waals surface area contributed by atoms with Crippen molar-refractivity contribution >= 4 is 22.6 Å². The predicted octanol–water partition coefficient (Wildman–Crippen LogP) is 2.00. The lowest BCUT2D eigenvalue weighted by molar-refractivity contribution is 0.0946. The number of pyridine rings is 2. The summed E-state index contributed by atoms with van der Waals surface area (Å²) < 4.78 is 1.40. The van der Waals surface area contributed by atoms with Crippen LogP contribution < -0.4 is 16.2 Å². The number of nitrogens with one attached hydrogen (secondary N) is 3. The molecule has 0 unspecified atom stereocenters. The van der Waals surface area contributed by atoms with E-state index < -0.39 is 5.91 Å². The highest BCUT2D eigenvalue weighted by Gasteiger charge is 2.68. The number of hydrogen-bond acceptors (Lipinski definition) is 5. The SMILES string of the molecule is O=C(NCc1cnc2cc(CNCC34CC3C4)[nH]c2c1)c1cc(=O)n2ccccc2n1. The van der Waals surface area contributed by atoms with E-state index in [1.165, 1.54) is 23.3 Å². The van der Waals surface area contributed by atoms with Gasteiger partial charge in [-0.05, 0) is 54.0 Å². The molecular weight excluding hydrogens is 392 g/mol. The first kappa shape index (κ1) is 18.3. The van der Waals surface area contributed by atoms with Crippen LogP contribution in [0.15, 0.2) is 53.6 Å². The van der Waals surface area contributed by atoms with Gasteiger partial charge in [-0.1, -0.05) is 6.07 Å². The summed E-state index contributed by atoms with van der Waals surface area (Å²) in [6, 6.07) is 10.5. The molecule has 4 aromatic rings. The second-order valence-electron chi connectivity index (χ2n) is 8.73. The molecule has 2 saturated carbocycles.